The lowest BCUT2D eigenvalue weighted by Crippen LogP contribution is -2.54. The topological polar surface area (TPSA) is 118 Å². The molecule has 0 spiro atoms. The molecule has 0 atom stereocenters. The first-order valence-corrected chi connectivity index (χ1v) is 17.1. The van der Waals surface area contributed by atoms with Crippen molar-refractivity contribution in [2.24, 2.45) is 0 Å². The van der Waals surface area contributed by atoms with Crippen LogP contribution in [0, 0.1) is 17.1 Å². The number of nitriles is 1. The molecule has 2 saturated heterocycles. The molecule has 7 rings (SSSR count). The van der Waals surface area contributed by atoms with Crippen molar-refractivity contribution < 1.29 is 9.18 Å². The summed E-state index contributed by atoms with van der Waals surface area (Å²) in [5.74, 6) is 1.42. The number of fused-ring (bicyclic) bond motifs is 1. The number of amides is 2. The summed E-state index contributed by atoms with van der Waals surface area (Å²) in [5, 5.41) is 17.0. The van der Waals surface area contributed by atoms with Crippen LogP contribution in [0.4, 0.5) is 26.0 Å². The lowest BCUT2D eigenvalue weighted by molar-refractivity contribution is 0.187. The summed E-state index contributed by atoms with van der Waals surface area (Å²) in [6.45, 7) is 6.75. The summed E-state index contributed by atoms with van der Waals surface area (Å²) in [6, 6.07) is 16.7. The molecule has 6 heterocycles. The Labute approximate surface area is 282 Å². The lowest BCUT2D eigenvalue weighted by atomic mass is 10.1. The van der Waals surface area contributed by atoms with E-state index in [1.165, 1.54) is 23.5 Å². The Morgan fingerprint density at radius 1 is 1.04 bits per heavy atom. The molecule has 246 valence electrons. The van der Waals surface area contributed by atoms with Crippen molar-refractivity contribution in [2.75, 3.05) is 56.1 Å². The Balaban J connectivity index is 1.09. The molecular formula is C35H37FN10OS. The van der Waals surface area contributed by atoms with E-state index >= 15 is 0 Å². The maximum Gasteiger partial charge on any atom is 0.317 e. The maximum atomic E-state index is 13.6. The van der Waals surface area contributed by atoms with Crippen LogP contribution in [-0.4, -0.2) is 82.6 Å². The van der Waals surface area contributed by atoms with Crippen molar-refractivity contribution in [2.45, 2.75) is 32.2 Å². The normalized spacial score (nSPS) is 15.5. The van der Waals surface area contributed by atoms with Gasteiger partial charge in [-0.05, 0) is 80.9 Å². The zero-order chi connectivity index (χ0) is 33.2. The second-order valence-corrected chi connectivity index (χ2v) is 13.1. The number of anilines is 3. The second kappa shape index (κ2) is 13.6. The molecule has 2 N–H and O–H groups in total. The summed E-state index contributed by atoms with van der Waals surface area (Å²) in [6.07, 6.45) is 6.61. The van der Waals surface area contributed by atoms with Gasteiger partial charge in [-0.15, -0.1) is 0 Å². The Kier molecular flexibility index (Phi) is 8.92. The fourth-order valence-electron chi connectivity index (χ4n) is 6.38. The van der Waals surface area contributed by atoms with Gasteiger partial charge in [-0.1, -0.05) is 18.3 Å². The number of thiazole rings is 1. The minimum absolute atomic E-state index is 0.0321. The van der Waals surface area contributed by atoms with E-state index in [9.17, 15) is 14.4 Å². The largest absolute Gasteiger partial charge is 0.353 e. The van der Waals surface area contributed by atoms with Crippen molar-refractivity contribution in [3.05, 3.63) is 77.3 Å². The average Bonchev–Trinajstić information content (AvgIpc) is 3.74. The van der Waals surface area contributed by atoms with Gasteiger partial charge in [0.05, 0.1) is 5.69 Å². The summed E-state index contributed by atoms with van der Waals surface area (Å²) in [5.41, 5.74) is 4.89. The van der Waals surface area contributed by atoms with Crippen LogP contribution in [0.15, 0.2) is 60.9 Å². The van der Waals surface area contributed by atoms with Gasteiger partial charge in [-0.2, -0.15) is 5.26 Å². The second-order valence-electron chi connectivity index (χ2n) is 12.1. The lowest BCUT2D eigenvalue weighted by Gasteiger charge is -2.36. The molecule has 2 fully saturated rings. The molecule has 13 heteroatoms. The summed E-state index contributed by atoms with van der Waals surface area (Å²) >= 11 is 1.29. The number of imidazole rings is 1. The number of nitrogens with one attached hydrogen (secondary N) is 2. The summed E-state index contributed by atoms with van der Waals surface area (Å²) < 4.78 is 15.6. The molecule has 0 radical (unpaired) electrons. The standard InChI is InChI=1S/C35H37FN10OS/c1-3-28-33(43(2)35-42-32(29(20-37)48-35)23-4-8-26(36)9-5-23)46-22-25(7-11-31(46)41-28)24-6-10-30(39-21-24)44-16-18-45(19-17-44)34(47)40-27-12-14-38-15-13-27/h4-11,21-22,27,38H,3,12-19H2,1-2H3,(H,40,47). The van der Waals surface area contributed by atoms with Crippen molar-refractivity contribution in [1.82, 2.24) is 34.9 Å². The molecule has 0 aliphatic carbocycles. The van der Waals surface area contributed by atoms with Gasteiger partial charge >= 0.3 is 6.03 Å². The third-order valence-electron chi connectivity index (χ3n) is 9.08. The number of nitrogens with zero attached hydrogens (tertiary/aromatic N) is 8. The van der Waals surface area contributed by atoms with E-state index in [-0.39, 0.29) is 17.9 Å². The zero-order valence-electron chi connectivity index (χ0n) is 27.0. The number of aromatic nitrogens is 4. The van der Waals surface area contributed by atoms with Crippen LogP contribution >= 0.6 is 11.3 Å². The Morgan fingerprint density at radius 3 is 2.46 bits per heavy atom. The first-order valence-electron chi connectivity index (χ1n) is 16.3. The number of piperidine rings is 1. The van der Waals surface area contributed by atoms with Crippen molar-refractivity contribution in [3.63, 3.8) is 0 Å². The number of hydrogen-bond acceptors (Lipinski definition) is 9. The van der Waals surface area contributed by atoms with E-state index < -0.39 is 0 Å². The van der Waals surface area contributed by atoms with E-state index in [4.69, 9.17) is 15.0 Å². The van der Waals surface area contributed by atoms with E-state index in [1.807, 2.05) is 41.2 Å². The molecule has 5 aromatic rings. The minimum Gasteiger partial charge on any atom is -0.353 e. The predicted octanol–water partition coefficient (Wildman–Crippen LogP) is 5.44. The molecule has 2 aliphatic heterocycles. The number of halogens is 1. The van der Waals surface area contributed by atoms with E-state index in [2.05, 4.69) is 45.2 Å². The van der Waals surface area contributed by atoms with Crippen LogP contribution in [0.1, 0.15) is 30.3 Å². The van der Waals surface area contributed by atoms with Crippen molar-refractivity contribution >= 4 is 39.8 Å². The number of urea groups is 1. The van der Waals surface area contributed by atoms with Crippen LogP contribution in [0.25, 0.3) is 28.0 Å². The van der Waals surface area contributed by atoms with Gasteiger partial charge in [0.1, 0.15) is 39.7 Å². The van der Waals surface area contributed by atoms with E-state index in [0.717, 1.165) is 73.1 Å². The van der Waals surface area contributed by atoms with Crippen LogP contribution in [-0.2, 0) is 6.42 Å². The highest BCUT2D eigenvalue weighted by molar-refractivity contribution is 7.16. The number of pyridine rings is 2. The van der Waals surface area contributed by atoms with Crippen LogP contribution in [0.5, 0.6) is 0 Å². The van der Waals surface area contributed by atoms with Gasteiger partial charge in [0.15, 0.2) is 5.13 Å². The highest BCUT2D eigenvalue weighted by Crippen LogP contribution is 2.37. The molecule has 0 bridgehead atoms. The Bertz CT molecular complexity index is 1950. The van der Waals surface area contributed by atoms with Gasteiger partial charge < -0.3 is 25.3 Å². The molecule has 0 saturated carbocycles. The van der Waals surface area contributed by atoms with Gasteiger partial charge in [0, 0.05) is 68.4 Å². The Hall–Kier alpha value is -5.06. The Morgan fingerprint density at radius 2 is 1.77 bits per heavy atom. The number of benzene rings is 1. The molecule has 48 heavy (non-hydrogen) atoms. The third-order valence-corrected chi connectivity index (χ3v) is 10.1. The molecule has 4 aromatic heterocycles. The van der Waals surface area contributed by atoms with E-state index in [0.29, 0.717) is 40.8 Å². The molecule has 0 unspecified atom stereocenters. The van der Waals surface area contributed by atoms with Gasteiger partial charge in [-0.25, -0.2) is 24.1 Å². The van der Waals surface area contributed by atoms with Crippen LogP contribution in [0.2, 0.25) is 0 Å². The predicted molar refractivity (Wildman–Crippen MR) is 186 cm³/mol. The quantitative estimate of drug-likeness (QED) is 0.236. The number of rotatable bonds is 7. The molecule has 2 amide bonds. The fraction of sp³-hybridized carbons (Fsp3) is 0.343. The van der Waals surface area contributed by atoms with Crippen LogP contribution in [0.3, 0.4) is 0 Å². The van der Waals surface area contributed by atoms with E-state index in [1.54, 1.807) is 12.1 Å². The molecular weight excluding hydrogens is 628 g/mol. The fourth-order valence-corrected chi connectivity index (χ4v) is 7.23. The molecule has 2 aliphatic rings. The third kappa shape index (κ3) is 6.28. The highest BCUT2D eigenvalue weighted by Gasteiger charge is 2.25. The first-order chi connectivity index (χ1) is 23.4. The minimum atomic E-state index is -0.337. The van der Waals surface area contributed by atoms with Gasteiger partial charge in [-0.3, -0.25) is 4.40 Å². The maximum absolute atomic E-state index is 13.6. The van der Waals surface area contributed by atoms with Gasteiger partial charge in [0.2, 0.25) is 0 Å². The van der Waals surface area contributed by atoms with Gasteiger partial charge in [0.25, 0.3) is 0 Å². The molecule has 1 aromatic carbocycles. The number of carbonyl (C=O) groups is 1. The highest BCUT2D eigenvalue weighted by atomic mass is 32.1. The molecule has 11 nitrogen and oxygen atoms in total. The smallest absolute Gasteiger partial charge is 0.317 e. The van der Waals surface area contributed by atoms with Crippen LogP contribution < -0.4 is 20.4 Å². The number of aryl methyl sites for hydroxylation is 1. The van der Waals surface area contributed by atoms with Crippen molar-refractivity contribution in [3.8, 4) is 28.5 Å². The summed E-state index contributed by atoms with van der Waals surface area (Å²) in [7, 11) is 1.93. The zero-order valence-corrected chi connectivity index (χ0v) is 27.8. The number of piperazine rings is 1. The average molecular weight is 665 g/mol. The number of carbonyl (C=O) groups excluding carboxylic acids is 1. The number of hydrogen-bond donors (Lipinski definition) is 2. The summed E-state index contributed by atoms with van der Waals surface area (Å²) in [4.78, 5) is 33.9. The first kappa shape index (κ1) is 31.5. The monoisotopic (exact) mass is 664 g/mol. The SMILES string of the molecule is CCc1nc2ccc(-c3ccc(N4CCN(C(=O)NC5CCNCC5)CC4)nc3)cn2c1N(C)c1nc(-c2ccc(F)cc2)c(C#N)s1. The van der Waals surface area contributed by atoms with Crippen molar-refractivity contribution in [1.29, 1.82) is 5.26 Å².